The lowest BCUT2D eigenvalue weighted by molar-refractivity contribution is 0.620. The Hall–Kier alpha value is -0.520. The fourth-order valence-electron chi connectivity index (χ4n) is 0.284. The van der Waals surface area contributed by atoms with Crippen molar-refractivity contribution in [3.05, 3.63) is 0 Å². The molecule has 0 rings (SSSR count). The van der Waals surface area contributed by atoms with E-state index in [4.69, 9.17) is 12.3 Å². The van der Waals surface area contributed by atoms with Crippen molar-refractivity contribution in [2.24, 2.45) is 5.84 Å². The fraction of sp³-hybridized carbons (Fsp3) is 0.600. The van der Waals surface area contributed by atoms with E-state index in [1.807, 2.05) is 6.92 Å². The maximum atomic E-state index is 5.00. The molecule has 0 saturated heterocycles. The molecule has 0 saturated carbocycles. The average Bonchev–Trinajstić information content (AvgIpc) is 1.72. The van der Waals surface area contributed by atoms with Crippen molar-refractivity contribution < 1.29 is 0 Å². The summed E-state index contributed by atoms with van der Waals surface area (Å²) in [6.07, 6.45) is 5.88. The Morgan fingerprint density at radius 1 is 2.00 bits per heavy atom. The highest BCUT2D eigenvalue weighted by Gasteiger charge is 1.91. The Balaban J connectivity index is 3.23. The summed E-state index contributed by atoms with van der Waals surface area (Å²) in [5, 5.41) is 0. The normalized spacial score (nSPS) is 12.7. The minimum atomic E-state index is 0.0417. The highest BCUT2D eigenvalue weighted by Crippen LogP contribution is 1.81. The first-order valence-corrected chi connectivity index (χ1v) is 2.27. The van der Waals surface area contributed by atoms with Crippen molar-refractivity contribution in [2.45, 2.75) is 19.4 Å². The van der Waals surface area contributed by atoms with Crippen molar-refractivity contribution in [2.75, 3.05) is 0 Å². The Morgan fingerprint density at radius 2 is 2.57 bits per heavy atom. The van der Waals surface area contributed by atoms with Gasteiger partial charge in [-0.25, -0.2) is 5.43 Å². The van der Waals surface area contributed by atoms with E-state index < -0.39 is 0 Å². The van der Waals surface area contributed by atoms with E-state index in [1.165, 1.54) is 0 Å². The zero-order valence-corrected chi connectivity index (χ0v) is 4.44. The Morgan fingerprint density at radius 3 is 2.57 bits per heavy atom. The van der Waals surface area contributed by atoms with Gasteiger partial charge in [0.1, 0.15) is 0 Å². The Labute approximate surface area is 44.1 Å². The third-order valence-electron chi connectivity index (χ3n) is 0.811. The minimum Gasteiger partial charge on any atom is -0.270 e. The number of hydrazine groups is 1. The van der Waals surface area contributed by atoms with Crippen LogP contribution in [0.5, 0.6) is 0 Å². The summed E-state index contributed by atoms with van der Waals surface area (Å²) in [5.74, 6) is 7.47. The van der Waals surface area contributed by atoms with E-state index in [-0.39, 0.29) is 6.04 Å². The molecule has 1 atom stereocenters. The molecule has 0 aromatic carbocycles. The van der Waals surface area contributed by atoms with Crippen LogP contribution in [0.2, 0.25) is 0 Å². The summed E-state index contributed by atoms with van der Waals surface area (Å²) in [7, 11) is 0. The molecule has 0 spiro atoms. The molecule has 0 heterocycles. The van der Waals surface area contributed by atoms with Crippen LogP contribution in [-0.4, -0.2) is 6.04 Å². The maximum Gasteiger partial charge on any atom is 0.0812 e. The summed E-state index contributed by atoms with van der Waals surface area (Å²) in [6, 6.07) is 0.0417. The van der Waals surface area contributed by atoms with E-state index >= 15 is 0 Å². The standard InChI is InChI=1S/C5H10N2/c1-3-5(4-2)7-6/h1,5,7H,4,6H2,2H3. The first-order chi connectivity index (χ1) is 3.35. The highest BCUT2D eigenvalue weighted by atomic mass is 15.2. The summed E-state index contributed by atoms with van der Waals surface area (Å²) >= 11 is 0. The molecule has 1 unspecified atom stereocenters. The van der Waals surface area contributed by atoms with Gasteiger partial charge in [0, 0.05) is 0 Å². The molecule has 0 amide bonds. The largest absolute Gasteiger partial charge is 0.270 e. The van der Waals surface area contributed by atoms with Crippen molar-refractivity contribution in [1.29, 1.82) is 0 Å². The number of rotatable bonds is 2. The quantitative estimate of drug-likeness (QED) is 0.286. The molecule has 3 N–H and O–H groups in total. The van der Waals surface area contributed by atoms with Gasteiger partial charge in [0.05, 0.1) is 6.04 Å². The van der Waals surface area contributed by atoms with Gasteiger partial charge in [-0.3, -0.25) is 5.84 Å². The average molecular weight is 98.1 g/mol. The molecule has 0 radical (unpaired) electrons. The predicted octanol–water partition coefficient (Wildman–Crippen LogP) is -0.138. The van der Waals surface area contributed by atoms with E-state index in [0.29, 0.717) is 0 Å². The van der Waals surface area contributed by atoms with Gasteiger partial charge in [0.25, 0.3) is 0 Å². The summed E-state index contributed by atoms with van der Waals surface area (Å²) < 4.78 is 0. The van der Waals surface area contributed by atoms with Gasteiger partial charge in [-0.2, -0.15) is 0 Å². The van der Waals surface area contributed by atoms with Crippen LogP contribution < -0.4 is 11.3 Å². The van der Waals surface area contributed by atoms with E-state index in [1.54, 1.807) is 0 Å². The van der Waals surface area contributed by atoms with Crippen LogP contribution in [0.15, 0.2) is 0 Å². The van der Waals surface area contributed by atoms with Crippen molar-refractivity contribution in [1.82, 2.24) is 5.43 Å². The Kier molecular flexibility index (Phi) is 3.39. The highest BCUT2D eigenvalue weighted by molar-refractivity contribution is 4.96. The number of hydrogen-bond donors (Lipinski definition) is 2. The SMILES string of the molecule is C#CC(CC)NN. The molecule has 0 aliphatic rings. The molecule has 0 fully saturated rings. The number of nitrogens with one attached hydrogen (secondary N) is 1. The summed E-state index contributed by atoms with van der Waals surface area (Å²) in [6.45, 7) is 1.98. The van der Waals surface area contributed by atoms with Gasteiger partial charge in [-0.15, -0.1) is 6.42 Å². The lowest BCUT2D eigenvalue weighted by atomic mass is 10.3. The van der Waals surface area contributed by atoms with Gasteiger partial charge < -0.3 is 0 Å². The van der Waals surface area contributed by atoms with Crippen molar-refractivity contribution >= 4 is 0 Å². The van der Waals surface area contributed by atoms with Gasteiger partial charge >= 0.3 is 0 Å². The molecular formula is C5H10N2. The molecular weight excluding hydrogens is 88.1 g/mol. The molecule has 2 nitrogen and oxygen atoms in total. The third-order valence-corrected chi connectivity index (χ3v) is 0.811. The summed E-state index contributed by atoms with van der Waals surface area (Å²) in [5.41, 5.74) is 2.47. The molecule has 0 aliphatic carbocycles. The van der Waals surface area contributed by atoms with Crippen LogP contribution in [-0.2, 0) is 0 Å². The van der Waals surface area contributed by atoms with Gasteiger partial charge in [0.15, 0.2) is 0 Å². The number of terminal acetylenes is 1. The lowest BCUT2D eigenvalue weighted by Crippen LogP contribution is -2.32. The Bertz CT molecular complexity index is 68.6. The maximum absolute atomic E-state index is 5.00. The monoisotopic (exact) mass is 98.1 g/mol. The number of nitrogens with two attached hydrogens (primary N) is 1. The van der Waals surface area contributed by atoms with E-state index in [2.05, 4.69) is 11.3 Å². The van der Waals surface area contributed by atoms with Crippen molar-refractivity contribution in [3.63, 3.8) is 0 Å². The lowest BCUT2D eigenvalue weighted by Gasteiger charge is -2.01. The zero-order chi connectivity index (χ0) is 5.70. The second-order valence-corrected chi connectivity index (χ2v) is 1.29. The first kappa shape index (κ1) is 6.48. The van der Waals surface area contributed by atoms with Crippen LogP contribution in [0, 0.1) is 12.3 Å². The van der Waals surface area contributed by atoms with Gasteiger partial charge in [-0.1, -0.05) is 12.8 Å². The molecule has 0 aromatic heterocycles. The molecule has 0 bridgehead atoms. The van der Waals surface area contributed by atoms with Crippen LogP contribution in [0.3, 0.4) is 0 Å². The molecule has 2 heteroatoms. The topological polar surface area (TPSA) is 38.0 Å². The smallest absolute Gasteiger partial charge is 0.0812 e. The molecule has 40 valence electrons. The van der Waals surface area contributed by atoms with E-state index in [9.17, 15) is 0 Å². The fourth-order valence-corrected chi connectivity index (χ4v) is 0.284. The van der Waals surface area contributed by atoms with Gasteiger partial charge in [0.2, 0.25) is 0 Å². The van der Waals surface area contributed by atoms with Crippen LogP contribution in [0.1, 0.15) is 13.3 Å². The van der Waals surface area contributed by atoms with Crippen LogP contribution >= 0.6 is 0 Å². The summed E-state index contributed by atoms with van der Waals surface area (Å²) in [4.78, 5) is 0. The molecule has 0 aliphatic heterocycles. The van der Waals surface area contributed by atoms with Crippen LogP contribution in [0.4, 0.5) is 0 Å². The molecule has 0 aromatic rings. The minimum absolute atomic E-state index is 0.0417. The zero-order valence-electron chi connectivity index (χ0n) is 4.44. The van der Waals surface area contributed by atoms with Crippen molar-refractivity contribution in [3.8, 4) is 12.3 Å². The van der Waals surface area contributed by atoms with E-state index in [0.717, 1.165) is 6.42 Å². The second kappa shape index (κ2) is 3.66. The molecule has 7 heavy (non-hydrogen) atoms. The number of hydrogen-bond acceptors (Lipinski definition) is 2. The third kappa shape index (κ3) is 2.21. The second-order valence-electron chi connectivity index (χ2n) is 1.29. The first-order valence-electron chi connectivity index (χ1n) is 2.27. The predicted molar refractivity (Wildman–Crippen MR) is 30.2 cm³/mol. The van der Waals surface area contributed by atoms with Gasteiger partial charge in [-0.05, 0) is 6.42 Å². The van der Waals surface area contributed by atoms with Crippen LogP contribution in [0.25, 0.3) is 0 Å².